The zero-order chi connectivity index (χ0) is 18.8. The monoisotopic (exact) mass is 390 g/mol. The van der Waals surface area contributed by atoms with E-state index in [0.717, 1.165) is 18.4 Å². The number of rotatable bonds is 7. The fraction of sp³-hybridized carbons (Fsp3) is 0.211. The molecule has 0 bridgehead atoms. The lowest BCUT2D eigenvalue weighted by molar-refractivity contribution is -0.123. The van der Waals surface area contributed by atoms with Crippen LogP contribution in [0.25, 0.3) is 0 Å². The molecule has 1 fully saturated rings. The minimum atomic E-state index is -3.69. The van der Waals surface area contributed by atoms with Crippen LogP contribution in [0.15, 0.2) is 66.1 Å². The summed E-state index contributed by atoms with van der Waals surface area (Å²) in [5.74, 6) is -0.0214. The van der Waals surface area contributed by atoms with Crippen molar-refractivity contribution in [2.75, 3.05) is 11.3 Å². The van der Waals surface area contributed by atoms with Crippen LogP contribution in [0.4, 0.5) is 5.69 Å². The minimum Gasteiger partial charge on any atom is -0.352 e. The Labute approximate surface area is 158 Å². The third-order valence-corrected chi connectivity index (χ3v) is 6.05. The van der Waals surface area contributed by atoms with Crippen molar-refractivity contribution in [2.45, 2.75) is 23.2 Å². The molecule has 1 amide bonds. The van der Waals surface area contributed by atoms with Crippen LogP contribution < -0.4 is 10.0 Å². The SMILES string of the molecule is C=CCNC(=O)C1(c2ccc(NS(=O)(=O)c3ccc(Cl)cc3)cc2)CC1. The molecule has 0 atom stereocenters. The van der Waals surface area contributed by atoms with E-state index in [9.17, 15) is 13.2 Å². The third-order valence-electron chi connectivity index (χ3n) is 4.41. The Balaban J connectivity index is 1.75. The zero-order valence-corrected chi connectivity index (χ0v) is 15.6. The van der Waals surface area contributed by atoms with Gasteiger partial charge in [-0.25, -0.2) is 8.42 Å². The first-order valence-electron chi connectivity index (χ1n) is 8.15. The Morgan fingerprint density at radius 2 is 1.73 bits per heavy atom. The fourth-order valence-electron chi connectivity index (χ4n) is 2.79. The van der Waals surface area contributed by atoms with Crippen LogP contribution in [0.5, 0.6) is 0 Å². The van der Waals surface area contributed by atoms with Gasteiger partial charge in [0, 0.05) is 17.3 Å². The molecule has 0 aromatic heterocycles. The highest BCUT2D eigenvalue weighted by molar-refractivity contribution is 7.92. The predicted molar refractivity (Wildman–Crippen MR) is 103 cm³/mol. The maximum atomic E-state index is 12.4. The normalized spacial score (nSPS) is 15.1. The van der Waals surface area contributed by atoms with Gasteiger partial charge in [0.15, 0.2) is 0 Å². The fourth-order valence-corrected chi connectivity index (χ4v) is 3.98. The molecule has 26 heavy (non-hydrogen) atoms. The predicted octanol–water partition coefficient (Wildman–Crippen LogP) is 3.47. The summed E-state index contributed by atoms with van der Waals surface area (Å²) in [6.07, 6.45) is 3.21. The Bertz CT molecular complexity index is 918. The van der Waals surface area contributed by atoms with Gasteiger partial charge in [-0.2, -0.15) is 0 Å². The Morgan fingerprint density at radius 1 is 1.12 bits per heavy atom. The van der Waals surface area contributed by atoms with Crippen LogP contribution >= 0.6 is 11.6 Å². The van der Waals surface area contributed by atoms with Gasteiger partial charge in [0.2, 0.25) is 5.91 Å². The lowest BCUT2D eigenvalue weighted by Crippen LogP contribution is -2.34. The molecule has 0 heterocycles. The molecular weight excluding hydrogens is 372 g/mol. The van der Waals surface area contributed by atoms with E-state index in [0.29, 0.717) is 17.3 Å². The number of carbonyl (C=O) groups excluding carboxylic acids is 1. The van der Waals surface area contributed by atoms with Gasteiger partial charge in [0.25, 0.3) is 10.0 Å². The van der Waals surface area contributed by atoms with E-state index in [1.165, 1.54) is 24.3 Å². The van der Waals surface area contributed by atoms with E-state index in [1.807, 2.05) is 0 Å². The molecule has 136 valence electrons. The van der Waals surface area contributed by atoms with Crippen LogP contribution in [0.3, 0.4) is 0 Å². The maximum Gasteiger partial charge on any atom is 0.261 e. The van der Waals surface area contributed by atoms with Crippen molar-refractivity contribution in [1.82, 2.24) is 5.32 Å². The van der Waals surface area contributed by atoms with Gasteiger partial charge in [-0.05, 0) is 54.8 Å². The Hall–Kier alpha value is -2.31. The number of halogens is 1. The highest BCUT2D eigenvalue weighted by Crippen LogP contribution is 2.48. The van der Waals surface area contributed by atoms with E-state index in [1.54, 1.807) is 30.3 Å². The lowest BCUT2D eigenvalue weighted by atomic mass is 9.95. The van der Waals surface area contributed by atoms with Crippen LogP contribution in [0, 0.1) is 0 Å². The maximum absolute atomic E-state index is 12.4. The second-order valence-electron chi connectivity index (χ2n) is 6.22. The highest BCUT2D eigenvalue weighted by Gasteiger charge is 2.50. The van der Waals surface area contributed by atoms with Gasteiger partial charge in [-0.15, -0.1) is 6.58 Å². The largest absolute Gasteiger partial charge is 0.352 e. The second kappa shape index (κ2) is 7.13. The summed E-state index contributed by atoms with van der Waals surface area (Å²) in [5.41, 5.74) is 0.816. The number of amides is 1. The summed E-state index contributed by atoms with van der Waals surface area (Å²) in [6, 6.07) is 12.9. The molecular formula is C19H19ClN2O3S. The molecule has 1 aliphatic rings. The van der Waals surface area contributed by atoms with Crippen LogP contribution in [0.2, 0.25) is 5.02 Å². The molecule has 2 N–H and O–H groups in total. The van der Waals surface area contributed by atoms with E-state index in [-0.39, 0.29) is 10.8 Å². The van der Waals surface area contributed by atoms with Crippen molar-refractivity contribution in [3.63, 3.8) is 0 Å². The molecule has 0 radical (unpaired) electrons. The van der Waals surface area contributed by atoms with E-state index < -0.39 is 15.4 Å². The van der Waals surface area contributed by atoms with Gasteiger partial charge in [-0.3, -0.25) is 9.52 Å². The summed E-state index contributed by atoms with van der Waals surface area (Å²) in [5, 5.41) is 3.30. The summed E-state index contributed by atoms with van der Waals surface area (Å²) in [4.78, 5) is 12.5. The molecule has 0 saturated heterocycles. The number of hydrogen-bond acceptors (Lipinski definition) is 3. The van der Waals surface area contributed by atoms with Gasteiger partial charge in [0.1, 0.15) is 0 Å². The lowest BCUT2D eigenvalue weighted by Gasteiger charge is -2.16. The number of hydrogen-bond donors (Lipinski definition) is 2. The summed E-state index contributed by atoms with van der Waals surface area (Å²) in [7, 11) is -3.69. The molecule has 7 heteroatoms. The molecule has 0 unspecified atom stereocenters. The van der Waals surface area contributed by atoms with Crippen molar-refractivity contribution in [3.8, 4) is 0 Å². The molecule has 0 aliphatic heterocycles. The molecule has 2 aromatic carbocycles. The summed E-state index contributed by atoms with van der Waals surface area (Å²) in [6.45, 7) is 4.03. The van der Waals surface area contributed by atoms with Crippen LogP contribution in [-0.4, -0.2) is 20.9 Å². The number of benzene rings is 2. The molecule has 3 rings (SSSR count). The molecule has 0 spiro atoms. The summed E-state index contributed by atoms with van der Waals surface area (Å²) >= 11 is 5.79. The first kappa shape index (κ1) is 18.5. The van der Waals surface area contributed by atoms with Crippen molar-refractivity contribution in [3.05, 3.63) is 71.8 Å². The Kier molecular flexibility index (Phi) is 5.07. The van der Waals surface area contributed by atoms with Crippen molar-refractivity contribution in [2.24, 2.45) is 0 Å². The quantitative estimate of drug-likeness (QED) is 0.711. The van der Waals surface area contributed by atoms with Crippen molar-refractivity contribution >= 4 is 33.2 Å². The molecule has 2 aromatic rings. The number of nitrogens with one attached hydrogen (secondary N) is 2. The first-order chi connectivity index (χ1) is 12.4. The van der Waals surface area contributed by atoms with E-state index in [4.69, 9.17) is 11.6 Å². The molecule has 1 aliphatic carbocycles. The third kappa shape index (κ3) is 3.76. The van der Waals surface area contributed by atoms with Crippen molar-refractivity contribution in [1.29, 1.82) is 0 Å². The number of carbonyl (C=O) groups is 1. The summed E-state index contributed by atoms with van der Waals surface area (Å²) < 4.78 is 27.3. The van der Waals surface area contributed by atoms with Crippen LogP contribution in [-0.2, 0) is 20.2 Å². The minimum absolute atomic E-state index is 0.0214. The van der Waals surface area contributed by atoms with Gasteiger partial charge in [-0.1, -0.05) is 29.8 Å². The Morgan fingerprint density at radius 3 is 2.27 bits per heavy atom. The smallest absolute Gasteiger partial charge is 0.261 e. The highest BCUT2D eigenvalue weighted by atomic mass is 35.5. The van der Waals surface area contributed by atoms with Gasteiger partial charge >= 0.3 is 0 Å². The average molecular weight is 391 g/mol. The molecule has 5 nitrogen and oxygen atoms in total. The van der Waals surface area contributed by atoms with E-state index >= 15 is 0 Å². The molecule has 1 saturated carbocycles. The average Bonchev–Trinajstić information content (AvgIpc) is 3.42. The number of sulfonamides is 1. The van der Waals surface area contributed by atoms with Gasteiger partial charge in [0.05, 0.1) is 10.3 Å². The zero-order valence-electron chi connectivity index (χ0n) is 14.0. The van der Waals surface area contributed by atoms with Crippen molar-refractivity contribution < 1.29 is 13.2 Å². The standard InChI is InChI=1S/C19H19ClN2O3S/c1-2-13-21-18(23)19(11-12-19)14-3-7-16(8-4-14)22-26(24,25)17-9-5-15(20)6-10-17/h2-10,22H,1,11-13H2,(H,21,23). The van der Waals surface area contributed by atoms with Gasteiger partial charge < -0.3 is 5.32 Å². The number of anilines is 1. The first-order valence-corrected chi connectivity index (χ1v) is 10.0. The topological polar surface area (TPSA) is 75.3 Å². The van der Waals surface area contributed by atoms with E-state index in [2.05, 4.69) is 16.6 Å². The van der Waals surface area contributed by atoms with Crippen LogP contribution in [0.1, 0.15) is 18.4 Å². The second-order valence-corrected chi connectivity index (χ2v) is 8.34.